The lowest BCUT2D eigenvalue weighted by Crippen LogP contribution is -2.15. The Kier molecular flexibility index (Phi) is 3.01. The Morgan fingerprint density at radius 1 is 1.71 bits per heavy atom. The van der Waals surface area contributed by atoms with Crippen LogP contribution in [0.25, 0.3) is 0 Å². The van der Waals surface area contributed by atoms with Crippen molar-refractivity contribution in [1.82, 2.24) is 0 Å². The summed E-state index contributed by atoms with van der Waals surface area (Å²) in [4.78, 5) is 1.42. The topological polar surface area (TPSA) is 20.2 Å². The minimum absolute atomic E-state index is 0.0663. The first-order valence-corrected chi connectivity index (χ1v) is 6.66. The summed E-state index contributed by atoms with van der Waals surface area (Å²) in [5.74, 6) is 0. The van der Waals surface area contributed by atoms with Crippen molar-refractivity contribution in [2.45, 2.75) is 38.7 Å². The molecule has 0 spiro atoms. The number of halogens is 1. The molecule has 3 heteroatoms. The van der Waals surface area contributed by atoms with Gasteiger partial charge in [-0.15, -0.1) is 11.3 Å². The van der Waals surface area contributed by atoms with Gasteiger partial charge in [-0.05, 0) is 53.1 Å². The van der Waals surface area contributed by atoms with Gasteiger partial charge in [0.05, 0.1) is 6.10 Å². The number of thiophene rings is 1. The van der Waals surface area contributed by atoms with Crippen molar-refractivity contribution in [1.29, 1.82) is 0 Å². The smallest absolute Gasteiger partial charge is 0.0545 e. The zero-order valence-corrected chi connectivity index (χ0v) is 10.7. The Labute approximate surface area is 97.3 Å². The van der Waals surface area contributed by atoms with Crippen LogP contribution in [0, 0.1) is 5.41 Å². The Morgan fingerprint density at radius 2 is 2.50 bits per heavy atom. The molecule has 1 heterocycles. The third-order valence-electron chi connectivity index (χ3n) is 3.03. The van der Waals surface area contributed by atoms with Gasteiger partial charge in [-0.2, -0.15) is 0 Å². The van der Waals surface area contributed by atoms with E-state index in [2.05, 4.69) is 34.3 Å². The monoisotopic (exact) mass is 274 g/mol. The maximum atomic E-state index is 9.54. The van der Waals surface area contributed by atoms with Crippen molar-refractivity contribution in [2.24, 2.45) is 5.41 Å². The molecular formula is C11H15BrOS. The maximum absolute atomic E-state index is 9.54. The van der Waals surface area contributed by atoms with E-state index in [0.29, 0.717) is 5.41 Å². The van der Waals surface area contributed by atoms with Gasteiger partial charge < -0.3 is 5.11 Å². The molecule has 0 aliphatic heterocycles. The lowest BCUT2D eigenvalue weighted by Gasteiger charge is -2.22. The third-order valence-corrected chi connectivity index (χ3v) is 4.73. The fourth-order valence-electron chi connectivity index (χ4n) is 2.32. The highest BCUT2D eigenvalue weighted by atomic mass is 79.9. The molecule has 1 aromatic heterocycles. The third kappa shape index (κ3) is 2.38. The first kappa shape index (κ1) is 10.7. The van der Waals surface area contributed by atoms with E-state index in [0.717, 1.165) is 25.7 Å². The van der Waals surface area contributed by atoms with E-state index < -0.39 is 0 Å². The van der Waals surface area contributed by atoms with Crippen LogP contribution < -0.4 is 0 Å². The number of aliphatic hydroxyl groups excluding tert-OH is 1. The molecule has 2 rings (SSSR count). The molecule has 2 atom stereocenters. The standard InChI is InChI=1S/C11H15BrOS/c1-11(3-2-9(13)5-11)6-10-4-8(12)7-14-10/h4,7,9,13H,2-3,5-6H2,1H3. The van der Waals surface area contributed by atoms with Gasteiger partial charge in [-0.3, -0.25) is 0 Å². The molecule has 0 aromatic carbocycles. The molecule has 1 aliphatic carbocycles. The molecular weight excluding hydrogens is 260 g/mol. The van der Waals surface area contributed by atoms with Crippen LogP contribution in [0.2, 0.25) is 0 Å². The number of hydrogen-bond donors (Lipinski definition) is 1. The molecule has 0 saturated heterocycles. The summed E-state index contributed by atoms with van der Waals surface area (Å²) in [6, 6.07) is 2.20. The van der Waals surface area contributed by atoms with Crippen LogP contribution in [0.3, 0.4) is 0 Å². The van der Waals surface area contributed by atoms with Crippen LogP contribution in [0.4, 0.5) is 0 Å². The fourth-order valence-corrected chi connectivity index (χ4v) is 3.98. The summed E-state index contributed by atoms with van der Waals surface area (Å²) in [6.07, 6.45) is 4.14. The number of aliphatic hydroxyl groups is 1. The second-order valence-corrected chi connectivity index (χ2v) is 6.53. The maximum Gasteiger partial charge on any atom is 0.0545 e. The summed E-state index contributed by atoms with van der Waals surface area (Å²) in [5.41, 5.74) is 0.323. The van der Waals surface area contributed by atoms with Gasteiger partial charge in [0.2, 0.25) is 0 Å². The van der Waals surface area contributed by atoms with Gasteiger partial charge in [0.15, 0.2) is 0 Å². The lowest BCUT2D eigenvalue weighted by atomic mass is 9.84. The SMILES string of the molecule is CC1(Cc2cc(Br)cs2)CCC(O)C1. The van der Waals surface area contributed by atoms with E-state index in [-0.39, 0.29) is 6.10 Å². The number of hydrogen-bond acceptors (Lipinski definition) is 2. The normalized spacial score (nSPS) is 32.4. The van der Waals surface area contributed by atoms with Crippen LogP contribution in [0.5, 0.6) is 0 Å². The van der Waals surface area contributed by atoms with Crippen LogP contribution in [0.1, 0.15) is 31.1 Å². The first-order valence-electron chi connectivity index (χ1n) is 4.98. The molecule has 1 aliphatic rings. The predicted molar refractivity (Wildman–Crippen MR) is 63.7 cm³/mol. The van der Waals surface area contributed by atoms with Gasteiger partial charge in [-0.1, -0.05) is 6.92 Å². The highest BCUT2D eigenvalue weighted by Crippen LogP contribution is 2.41. The summed E-state index contributed by atoms with van der Waals surface area (Å²) >= 11 is 5.28. The van der Waals surface area contributed by atoms with E-state index in [9.17, 15) is 5.11 Å². The van der Waals surface area contributed by atoms with E-state index in [4.69, 9.17) is 0 Å². The Balaban J connectivity index is 2.03. The van der Waals surface area contributed by atoms with Crippen molar-refractivity contribution >= 4 is 27.3 Å². The Bertz CT molecular complexity index is 323. The summed E-state index contributed by atoms with van der Waals surface area (Å²) in [6.45, 7) is 2.29. The largest absolute Gasteiger partial charge is 0.393 e. The van der Waals surface area contributed by atoms with Crippen molar-refractivity contribution in [3.8, 4) is 0 Å². The predicted octanol–water partition coefficient (Wildman–Crippen LogP) is 3.60. The van der Waals surface area contributed by atoms with Gasteiger partial charge in [0.25, 0.3) is 0 Å². The second kappa shape index (κ2) is 3.95. The molecule has 14 heavy (non-hydrogen) atoms. The van der Waals surface area contributed by atoms with Crippen LogP contribution in [-0.2, 0) is 6.42 Å². The Morgan fingerprint density at radius 3 is 3.00 bits per heavy atom. The van der Waals surface area contributed by atoms with Crippen LogP contribution in [-0.4, -0.2) is 11.2 Å². The molecule has 78 valence electrons. The fraction of sp³-hybridized carbons (Fsp3) is 0.636. The molecule has 1 fully saturated rings. The van der Waals surface area contributed by atoms with E-state index in [1.807, 2.05) is 11.3 Å². The van der Waals surface area contributed by atoms with Crippen molar-refractivity contribution in [3.63, 3.8) is 0 Å². The average Bonchev–Trinajstić information content (AvgIpc) is 2.60. The molecule has 1 nitrogen and oxygen atoms in total. The first-order chi connectivity index (χ1) is 6.57. The van der Waals surface area contributed by atoms with Crippen LogP contribution >= 0.6 is 27.3 Å². The van der Waals surface area contributed by atoms with Gasteiger partial charge in [-0.25, -0.2) is 0 Å². The van der Waals surface area contributed by atoms with E-state index in [1.165, 1.54) is 9.35 Å². The Hall–Kier alpha value is 0.140. The molecule has 1 aromatic rings. The molecule has 0 radical (unpaired) electrons. The van der Waals surface area contributed by atoms with Gasteiger partial charge in [0, 0.05) is 14.7 Å². The van der Waals surface area contributed by atoms with Gasteiger partial charge >= 0.3 is 0 Å². The summed E-state index contributed by atoms with van der Waals surface area (Å²) < 4.78 is 1.18. The highest BCUT2D eigenvalue weighted by Gasteiger charge is 2.34. The minimum atomic E-state index is -0.0663. The molecule has 1 saturated carbocycles. The van der Waals surface area contributed by atoms with E-state index >= 15 is 0 Å². The van der Waals surface area contributed by atoms with Gasteiger partial charge in [0.1, 0.15) is 0 Å². The molecule has 1 N–H and O–H groups in total. The van der Waals surface area contributed by atoms with E-state index in [1.54, 1.807) is 0 Å². The summed E-state index contributed by atoms with van der Waals surface area (Å²) in [7, 11) is 0. The average molecular weight is 275 g/mol. The molecule has 2 unspecified atom stereocenters. The summed E-state index contributed by atoms with van der Waals surface area (Å²) in [5, 5.41) is 11.7. The quantitative estimate of drug-likeness (QED) is 0.874. The van der Waals surface area contributed by atoms with Crippen molar-refractivity contribution in [3.05, 3.63) is 20.8 Å². The second-order valence-electron chi connectivity index (χ2n) is 4.62. The highest BCUT2D eigenvalue weighted by molar-refractivity contribution is 9.10. The zero-order chi connectivity index (χ0) is 10.2. The molecule has 0 amide bonds. The zero-order valence-electron chi connectivity index (χ0n) is 8.29. The molecule has 0 bridgehead atoms. The number of rotatable bonds is 2. The van der Waals surface area contributed by atoms with Crippen LogP contribution in [0.15, 0.2) is 15.9 Å². The van der Waals surface area contributed by atoms with Crippen molar-refractivity contribution in [2.75, 3.05) is 0 Å². The van der Waals surface area contributed by atoms with Crippen molar-refractivity contribution < 1.29 is 5.11 Å². The lowest BCUT2D eigenvalue weighted by molar-refractivity contribution is 0.164. The minimum Gasteiger partial charge on any atom is -0.393 e.